The molecule has 0 atom stereocenters. The molecule has 1 aromatic carbocycles. The maximum atomic E-state index is 11.9. The van der Waals surface area contributed by atoms with Crippen LogP contribution in [0.15, 0.2) is 41.8 Å². The highest BCUT2D eigenvalue weighted by atomic mass is 32.2. The van der Waals surface area contributed by atoms with Crippen molar-refractivity contribution in [2.24, 2.45) is 7.05 Å². The Balaban J connectivity index is 2.26. The minimum absolute atomic E-state index is 0.0168. The van der Waals surface area contributed by atoms with Gasteiger partial charge in [0.2, 0.25) is 0 Å². The summed E-state index contributed by atoms with van der Waals surface area (Å²) in [4.78, 5) is 3.79. The zero-order valence-electron chi connectivity index (χ0n) is 9.16. The molecule has 7 heteroatoms. The summed E-state index contributed by atoms with van der Waals surface area (Å²) in [6.45, 7) is 0. The number of hydrogen-bond donors (Lipinski definition) is 2. The lowest BCUT2D eigenvalue weighted by atomic mass is 10.3. The molecule has 0 aliphatic carbocycles. The molecular weight excluding hydrogens is 240 g/mol. The number of imidazole rings is 1. The van der Waals surface area contributed by atoms with Crippen molar-refractivity contribution in [1.82, 2.24) is 9.55 Å². The molecule has 0 aliphatic rings. The van der Waals surface area contributed by atoms with E-state index in [9.17, 15) is 8.42 Å². The van der Waals surface area contributed by atoms with Crippen LogP contribution in [-0.2, 0) is 17.1 Å². The molecule has 0 spiro atoms. The van der Waals surface area contributed by atoms with Gasteiger partial charge in [0.1, 0.15) is 0 Å². The lowest BCUT2D eigenvalue weighted by molar-refractivity contribution is 0.598. The minimum atomic E-state index is -3.63. The van der Waals surface area contributed by atoms with Gasteiger partial charge in [-0.15, -0.1) is 0 Å². The molecule has 0 saturated carbocycles. The van der Waals surface area contributed by atoms with E-state index in [-0.39, 0.29) is 5.03 Å². The first-order valence-corrected chi connectivity index (χ1v) is 6.32. The van der Waals surface area contributed by atoms with Crippen LogP contribution in [-0.4, -0.2) is 18.0 Å². The number of nitrogens with two attached hydrogens (primary N) is 1. The average Bonchev–Trinajstić information content (AvgIpc) is 2.69. The fourth-order valence-corrected chi connectivity index (χ4v) is 2.33. The predicted octanol–water partition coefficient (Wildman–Crippen LogP) is 0.803. The molecule has 1 heterocycles. The normalized spacial score (nSPS) is 11.4. The number of nitrogen functional groups attached to an aromatic ring is 1. The number of aryl methyl sites for hydroxylation is 1. The summed E-state index contributed by atoms with van der Waals surface area (Å²) in [7, 11) is -1.92. The van der Waals surface area contributed by atoms with Crippen LogP contribution in [0.25, 0.3) is 0 Å². The van der Waals surface area contributed by atoms with Gasteiger partial charge in [-0.2, -0.15) is 8.42 Å². The molecule has 1 aromatic heterocycles. The Morgan fingerprint density at radius 2 is 1.94 bits per heavy atom. The average molecular weight is 252 g/mol. The van der Waals surface area contributed by atoms with E-state index in [0.29, 0.717) is 11.4 Å². The van der Waals surface area contributed by atoms with Gasteiger partial charge in [-0.05, 0) is 24.3 Å². The van der Waals surface area contributed by atoms with Crippen molar-refractivity contribution in [2.45, 2.75) is 5.03 Å². The second-order valence-corrected chi connectivity index (χ2v) is 5.23. The Labute approximate surface area is 99.1 Å². The molecule has 0 fully saturated rings. The Morgan fingerprint density at radius 1 is 1.29 bits per heavy atom. The van der Waals surface area contributed by atoms with Crippen LogP contribution < -0.4 is 10.5 Å². The first-order valence-electron chi connectivity index (χ1n) is 4.84. The number of hydrogen-bond acceptors (Lipinski definition) is 4. The first-order chi connectivity index (χ1) is 7.97. The zero-order valence-corrected chi connectivity index (χ0v) is 9.98. The standard InChI is InChI=1S/C10H12N4O2S/c1-14-6-10(12-7-14)17(15,16)13-9-4-2-8(11)3-5-9/h2-7,13H,11H2,1H3. The molecular formula is C10H12N4O2S. The van der Waals surface area contributed by atoms with E-state index < -0.39 is 10.0 Å². The van der Waals surface area contributed by atoms with Crippen molar-refractivity contribution in [1.29, 1.82) is 0 Å². The highest BCUT2D eigenvalue weighted by Gasteiger charge is 2.16. The summed E-state index contributed by atoms with van der Waals surface area (Å²) in [6.07, 6.45) is 2.86. The van der Waals surface area contributed by atoms with Crippen molar-refractivity contribution in [3.63, 3.8) is 0 Å². The summed E-state index contributed by atoms with van der Waals surface area (Å²) < 4.78 is 27.7. The van der Waals surface area contributed by atoms with Crippen LogP contribution >= 0.6 is 0 Å². The van der Waals surface area contributed by atoms with E-state index in [4.69, 9.17) is 5.73 Å². The molecule has 90 valence electrons. The van der Waals surface area contributed by atoms with Gasteiger partial charge in [-0.25, -0.2) is 4.98 Å². The second kappa shape index (κ2) is 4.10. The van der Waals surface area contributed by atoms with Crippen molar-refractivity contribution < 1.29 is 8.42 Å². The monoisotopic (exact) mass is 252 g/mol. The summed E-state index contributed by atoms with van der Waals surface area (Å²) in [5.41, 5.74) is 6.54. The molecule has 2 aromatic rings. The molecule has 0 saturated heterocycles. The highest BCUT2D eigenvalue weighted by Crippen LogP contribution is 2.15. The number of anilines is 2. The van der Waals surface area contributed by atoms with Crippen LogP contribution in [0.5, 0.6) is 0 Å². The van der Waals surface area contributed by atoms with Crippen molar-refractivity contribution in [2.75, 3.05) is 10.5 Å². The molecule has 2 rings (SSSR count). The number of nitrogens with zero attached hydrogens (tertiary/aromatic N) is 2. The third-order valence-corrected chi connectivity index (χ3v) is 3.39. The third kappa shape index (κ3) is 2.56. The maximum Gasteiger partial charge on any atom is 0.280 e. The Hall–Kier alpha value is -2.02. The summed E-state index contributed by atoms with van der Waals surface area (Å²) in [5.74, 6) is 0. The first kappa shape index (κ1) is 11.5. The van der Waals surface area contributed by atoms with Crippen LogP contribution in [0.1, 0.15) is 0 Å². The Morgan fingerprint density at radius 3 is 2.47 bits per heavy atom. The van der Waals surface area contributed by atoms with Crippen LogP contribution in [0.4, 0.5) is 11.4 Å². The molecule has 0 radical (unpaired) electrons. The fourth-order valence-electron chi connectivity index (χ4n) is 1.29. The van der Waals surface area contributed by atoms with Gasteiger partial charge in [0.15, 0.2) is 5.03 Å². The Bertz CT molecular complexity index is 616. The van der Waals surface area contributed by atoms with Crippen molar-refractivity contribution in [3.8, 4) is 0 Å². The fraction of sp³-hybridized carbons (Fsp3) is 0.100. The molecule has 0 aliphatic heterocycles. The topological polar surface area (TPSA) is 90.0 Å². The van der Waals surface area contributed by atoms with Gasteiger partial charge in [0, 0.05) is 24.6 Å². The number of benzene rings is 1. The summed E-state index contributed by atoms with van der Waals surface area (Å²) >= 11 is 0. The summed E-state index contributed by atoms with van der Waals surface area (Å²) in [5, 5.41) is -0.0168. The van der Waals surface area contributed by atoms with E-state index in [0.717, 1.165) is 0 Å². The van der Waals surface area contributed by atoms with Crippen LogP contribution in [0.3, 0.4) is 0 Å². The smallest absolute Gasteiger partial charge is 0.280 e. The SMILES string of the molecule is Cn1cnc(S(=O)(=O)Nc2ccc(N)cc2)c1. The largest absolute Gasteiger partial charge is 0.399 e. The van der Waals surface area contributed by atoms with E-state index in [1.54, 1.807) is 35.9 Å². The van der Waals surface area contributed by atoms with Crippen molar-refractivity contribution in [3.05, 3.63) is 36.8 Å². The number of rotatable bonds is 3. The molecule has 3 N–H and O–H groups in total. The number of sulfonamides is 1. The van der Waals surface area contributed by atoms with E-state index >= 15 is 0 Å². The van der Waals surface area contributed by atoms with Crippen LogP contribution in [0.2, 0.25) is 0 Å². The van der Waals surface area contributed by atoms with Gasteiger partial charge in [-0.1, -0.05) is 0 Å². The van der Waals surface area contributed by atoms with Gasteiger partial charge >= 0.3 is 0 Å². The number of nitrogens with one attached hydrogen (secondary N) is 1. The van der Waals surface area contributed by atoms with Crippen molar-refractivity contribution >= 4 is 21.4 Å². The van der Waals surface area contributed by atoms with Crippen LogP contribution in [0, 0.1) is 0 Å². The lowest BCUT2D eigenvalue weighted by Crippen LogP contribution is -2.13. The number of aromatic nitrogens is 2. The third-order valence-electron chi connectivity index (χ3n) is 2.12. The molecule has 17 heavy (non-hydrogen) atoms. The zero-order chi connectivity index (χ0) is 12.5. The quantitative estimate of drug-likeness (QED) is 0.791. The summed E-state index contributed by atoms with van der Waals surface area (Å²) in [6, 6.07) is 6.43. The van der Waals surface area contributed by atoms with E-state index in [1.165, 1.54) is 12.5 Å². The predicted molar refractivity (Wildman–Crippen MR) is 64.9 cm³/mol. The molecule has 0 bridgehead atoms. The Kier molecular flexibility index (Phi) is 2.76. The van der Waals surface area contributed by atoms with E-state index in [2.05, 4.69) is 9.71 Å². The molecule has 0 unspecified atom stereocenters. The van der Waals surface area contributed by atoms with Gasteiger partial charge in [0.05, 0.1) is 6.33 Å². The highest BCUT2D eigenvalue weighted by molar-refractivity contribution is 7.92. The maximum absolute atomic E-state index is 11.9. The van der Waals surface area contributed by atoms with E-state index in [1.807, 2.05) is 0 Å². The van der Waals surface area contributed by atoms with Gasteiger partial charge in [-0.3, -0.25) is 4.72 Å². The van der Waals surface area contributed by atoms with Gasteiger partial charge in [0.25, 0.3) is 10.0 Å². The molecule has 0 amide bonds. The lowest BCUT2D eigenvalue weighted by Gasteiger charge is -2.05. The second-order valence-electron chi connectivity index (χ2n) is 3.60. The molecule has 6 nitrogen and oxygen atoms in total. The minimum Gasteiger partial charge on any atom is -0.399 e. The van der Waals surface area contributed by atoms with Gasteiger partial charge < -0.3 is 10.3 Å².